The Morgan fingerprint density at radius 1 is 1.17 bits per heavy atom. The Morgan fingerprint density at radius 3 is 2.56 bits per heavy atom. The Bertz CT molecular complexity index is 352. The fraction of sp³-hybridized carbons (Fsp3) is 0.714. The van der Waals surface area contributed by atoms with Crippen LogP contribution in [0.1, 0.15) is 52.1 Å². The molecule has 0 radical (unpaired) electrons. The number of hydrogen-bond acceptors (Lipinski definition) is 4. The predicted molar refractivity (Wildman–Crippen MR) is 78.2 cm³/mol. The molecule has 4 heteroatoms. The van der Waals surface area contributed by atoms with Crippen LogP contribution in [0, 0.1) is 6.92 Å². The first-order valence-electron chi connectivity index (χ1n) is 7.05. The van der Waals surface area contributed by atoms with Crippen molar-refractivity contribution in [2.45, 2.75) is 59.4 Å². The lowest BCUT2D eigenvalue weighted by atomic mass is 10.1. The summed E-state index contributed by atoms with van der Waals surface area (Å²) in [4.78, 5) is 8.90. The summed E-state index contributed by atoms with van der Waals surface area (Å²) < 4.78 is 0. The number of hydrogen-bond donors (Lipinski definition) is 2. The molecule has 102 valence electrons. The normalized spacial score (nSPS) is 12.2. The molecule has 1 aromatic rings. The molecule has 0 amide bonds. The second-order valence-electron chi connectivity index (χ2n) is 4.68. The second kappa shape index (κ2) is 7.90. The molecule has 0 saturated carbocycles. The molecule has 1 heterocycles. The summed E-state index contributed by atoms with van der Waals surface area (Å²) >= 11 is 0. The van der Waals surface area contributed by atoms with Crippen LogP contribution >= 0.6 is 0 Å². The van der Waals surface area contributed by atoms with Gasteiger partial charge in [0.05, 0.1) is 0 Å². The molecule has 0 fully saturated rings. The van der Waals surface area contributed by atoms with Gasteiger partial charge in [-0.05, 0) is 26.2 Å². The highest BCUT2D eigenvalue weighted by molar-refractivity contribution is 5.42. The zero-order chi connectivity index (χ0) is 13.4. The van der Waals surface area contributed by atoms with Crippen LogP contribution in [-0.4, -0.2) is 22.6 Å². The molecule has 1 rings (SSSR count). The molecule has 0 aliphatic rings. The fourth-order valence-electron chi connectivity index (χ4n) is 1.89. The van der Waals surface area contributed by atoms with Gasteiger partial charge in [0.1, 0.15) is 5.82 Å². The van der Waals surface area contributed by atoms with Crippen molar-refractivity contribution in [3.63, 3.8) is 0 Å². The SMILES string of the molecule is CCCNc1nc(C)cc(NC(CC)CCC)n1. The number of nitrogens with zero attached hydrogens (tertiary/aromatic N) is 2. The maximum absolute atomic E-state index is 4.51. The van der Waals surface area contributed by atoms with Gasteiger partial charge < -0.3 is 10.6 Å². The van der Waals surface area contributed by atoms with E-state index in [1.54, 1.807) is 0 Å². The van der Waals surface area contributed by atoms with Crippen molar-refractivity contribution in [3.8, 4) is 0 Å². The average molecular weight is 250 g/mol. The van der Waals surface area contributed by atoms with Crippen LogP contribution in [-0.2, 0) is 0 Å². The van der Waals surface area contributed by atoms with Gasteiger partial charge in [0.2, 0.25) is 5.95 Å². The third-order valence-corrected chi connectivity index (χ3v) is 2.87. The monoisotopic (exact) mass is 250 g/mol. The van der Waals surface area contributed by atoms with E-state index in [1.807, 2.05) is 13.0 Å². The smallest absolute Gasteiger partial charge is 0.224 e. The van der Waals surface area contributed by atoms with Crippen LogP contribution in [0.25, 0.3) is 0 Å². The standard InChI is InChI=1S/C14H26N4/c1-5-8-12(7-3)17-13-10-11(4)16-14(18-13)15-9-6-2/h10,12H,5-9H2,1-4H3,(H2,15,16,17,18). The Hall–Kier alpha value is -1.32. The van der Waals surface area contributed by atoms with Crippen molar-refractivity contribution in [2.24, 2.45) is 0 Å². The third-order valence-electron chi connectivity index (χ3n) is 2.87. The number of aromatic nitrogens is 2. The summed E-state index contributed by atoms with van der Waals surface area (Å²) in [6.45, 7) is 9.47. The molecule has 1 aromatic heterocycles. The van der Waals surface area contributed by atoms with E-state index in [-0.39, 0.29) is 0 Å². The van der Waals surface area contributed by atoms with Gasteiger partial charge in [0, 0.05) is 24.3 Å². The molecule has 1 unspecified atom stereocenters. The van der Waals surface area contributed by atoms with Crippen LogP contribution < -0.4 is 10.6 Å². The minimum absolute atomic E-state index is 0.503. The van der Waals surface area contributed by atoms with Crippen LogP contribution in [0.15, 0.2) is 6.07 Å². The van der Waals surface area contributed by atoms with E-state index in [0.717, 1.165) is 36.8 Å². The van der Waals surface area contributed by atoms with Gasteiger partial charge in [-0.15, -0.1) is 0 Å². The maximum atomic E-state index is 4.51. The van der Waals surface area contributed by atoms with E-state index >= 15 is 0 Å². The summed E-state index contributed by atoms with van der Waals surface area (Å²) in [5.74, 6) is 1.66. The molecule has 0 aliphatic carbocycles. The van der Waals surface area contributed by atoms with Crippen molar-refractivity contribution in [1.82, 2.24) is 9.97 Å². The van der Waals surface area contributed by atoms with E-state index in [9.17, 15) is 0 Å². The number of aryl methyl sites for hydroxylation is 1. The zero-order valence-corrected chi connectivity index (χ0v) is 12.1. The number of anilines is 2. The van der Waals surface area contributed by atoms with Gasteiger partial charge in [-0.3, -0.25) is 0 Å². The Kier molecular flexibility index (Phi) is 6.47. The minimum atomic E-state index is 0.503. The van der Waals surface area contributed by atoms with Crippen molar-refractivity contribution in [3.05, 3.63) is 11.8 Å². The Labute approximate surface area is 111 Å². The van der Waals surface area contributed by atoms with E-state index in [1.165, 1.54) is 12.8 Å². The maximum Gasteiger partial charge on any atom is 0.224 e. The van der Waals surface area contributed by atoms with Gasteiger partial charge in [0.25, 0.3) is 0 Å². The van der Waals surface area contributed by atoms with Crippen LogP contribution in [0.2, 0.25) is 0 Å². The van der Waals surface area contributed by atoms with Gasteiger partial charge in [0.15, 0.2) is 0 Å². The molecule has 2 N–H and O–H groups in total. The lowest BCUT2D eigenvalue weighted by molar-refractivity contribution is 0.620. The largest absolute Gasteiger partial charge is 0.367 e. The van der Waals surface area contributed by atoms with Crippen LogP contribution in [0.3, 0.4) is 0 Å². The quantitative estimate of drug-likeness (QED) is 0.740. The summed E-state index contributed by atoms with van der Waals surface area (Å²) in [5.41, 5.74) is 0.998. The average Bonchev–Trinajstić information content (AvgIpc) is 2.35. The Balaban J connectivity index is 2.71. The molecule has 18 heavy (non-hydrogen) atoms. The second-order valence-corrected chi connectivity index (χ2v) is 4.68. The molecule has 4 nitrogen and oxygen atoms in total. The van der Waals surface area contributed by atoms with Gasteiger partial charge in [-0.25, -0.2) is 4.98 Å². The minimum Gasteiger partial charge on any atom is -0.367 e. The molecule has 0 aromatic carbocycles. The molecule has 1 atom stereocenters. The summed E-state index contributed by atoms with van der Waals surface area (Å²) in [5, 5.41) is 6.73. The highest BCUT2D eigenvalue weighted by atomic mass is 15.1. The highest BCUT2D eigenvalue weighted by Gasteiger charge is 2.07. The van der Waals surface area contributed by atoms with Crippen molar-refractivity contribution < 1.29 is 0 Å². The van der Waals surface area contributed by atoms with E-state index < -0.39 is 0 Å². The van der Waals surface area contributed by atoms with Crippen molar-refractivity contribution in [2.75, 3.05) is 17.2 Å². The molecular weight excluding hydrogens is 224 g/mol. The summed E-state index contributed by atoms with van der Waals surface area (Å²) in [6.07, 6.45) is 4.57. The predicted octanol–water partition coefficient (Wildman–Crippen LogP) is 3.60. The molecule has 0 bridgehead atoms. The molecule has 0 saturated heterocycles. The van der Waals surface area contributed by atoms with Crippen LogP contribution in [0.4, 0.5) is 11.8 Å². The molecular formula is C14H26N4. The van der Waals surface area contributed by atoms with Gasteiger partial charge >= 0.3 is 0 Å². The zero-order valence-electron chi connectivity index (χ0n) is 12.1. The van der Waals surface area contributed by atoms with Crippen molar-refractivity contribution >= 4 is 11.8 Å². The first-order valence-corrected chi connectivity index (χ1v) is 7.05. The lowest BCUT2D eigenvalue weighted by Crippen LogP contribution is -2.19. The van der Waals surface area contributed by atoms with E-state index in [0.29, 0.717) is 6.04 Å². The first-order chi connectivity index (χ1) is 8.69. The van der Waals surface area contributed by atoms with Crippen molar-refractivity contribution in [1.29, 1.82) is 0 Å². The van der Waals surface area contributed by atoms with E-state index in [4.69, 9.17) is 0 Å². The first kappa shape index (κ1) is 14.7. The molecule has 0 spiro atoms. The Morgan fingerprint density at radius 2 is 1.94 bits per heavy atom. The highest BCUT2D eigenvalue weighted by Crippen LogP contribution is 2.14. The molecule has 0 aliphatic heterocycles. The lowest BCUT2D eigenvalue weighted by Gasteiger charge is -2.17. The fourth-order valence-corrected chi connectivity index (χ4v) is 1.89. The summed E-state index contributed by atoms with van der Waals surface area (Å²) in [6, 6.07) is 2.51. The van der Waals surface area contributed by atoms with Gasteiger partial charge in [-0.2, -0.15) is 4.98 Å². The number of rotatable bonds is 8. The van der Waals surface area contributed by atoms with E-state index in [2.05, 4.69) is 41.4 Å². The number of nitrogens with one attached hydrogen (secondary N) is 2. The summed E-state index contributed by atoms with van der Waals surface area (Å²) in [7, 11) is 0. The van der Waals surface area contributed by atoms with Crippen LogP contribution in [0.5, 0.6) is 0 Å². The topological polar surface area (TPSA) is 49.8 Å². The van der Waals surface area contributed by atoms with Gasteiger partial charge in [-0.1, -0.05) is 27.2 Å². The third kappa shape index (κ3) is 4.90.